The summed E-state index contributed by atoms with van der Waals surface area (Å²) in [6, 6.07) is 7.48. The van der Waals surface area contributed by atoms with Crippen LogP contribution in [0.3, 0.4) is 0 Å². The van der Waals surface area contributed by atoms with Crippen LogP contribution in [0.5, 0.6) is 0 Å². The van der Waals surface area contributed by atoms with Crippen LogP contribution >= 0.6 is 0 Å². The highest BCUT2D eigenvalue weighted by Gasteiger charge is 2.22. The number of piperidine rings is 1. The number of esters is 1. The van der Waals surface area contributed by atoms with Gasteiger partial charge in [0.25, 0.3) is 0 Å². The molecule has 0 saturated carbocycles. The van der Waals surface area contributed by atoms with Crippen molar-refractivity contribution in [1.82, 2.24) is 5.32 Å². The molecule has 1 aliphatic rings. The normalized spacial score (nSPS) is 15.6. The van der Waals surface area contributed by atoms with E-state index in [0.29, 0.717) is 18.0 Å². The van der Waals surface area contributed by atoms with E-state index in [-0.39, 0.29) is 12.1 Å². The van der Waals surface area contributed by atoms with E-state index in [1.165, 1.54) is 7.11 Å². The Morgan fingerprint density at radius 1 is 1.16 bits per heavy atom. The van der Waals surface area contributed by atoms with Gasteiger partial charge in [-0.2, -0.15) is 0 Å². The van der Waals surface area contributed by atoms with Crippen LogP contribution in [-0.4, -0.2) is 44.4 Å². The van der Waals surface area contributed by atoms with Gasteiger partial charge in [0.05, 0.1) is 12.7 Å². The van der Waals surface area contributed by atoms with Gasteiger partial charge >= 0.3 is 12.1 Å². The molecule has 1 N–H and O–H groups in total. The van der Waals surface area contributed by atoms with E-state index in [2.05, 4.69) is 10.2 Å². The van der Waals surface area contributed by atoms with Gasteiger partial charge < -0.3 is 19.7 Å². The number of carbonyl (C=O) groups excluding carboxylic acids is 2. The number of rotatable bonds is 4. The molecule has 1 aliphatic heterocycles. The highest BCUT2D eigenvalue weighted by Crippen LogP contribution is 2.23. The average Bonchev–Trinajstić information content (AvgIpc) is 2.58. The van der Waals surface area contributed by atoms with Gasteiger partial charge in [-0.05, 0) is 63.8 Å². The molecule has 1 fully saturated rings. The number of nitrogens with zero attached hydrogens (tertiary/aromatic N) is 1. The Hall–Kier alpha value is -2.24. The average molecular weight is 348 g/mol. The number of hydrogen-bond acceptors (Lipinski definition) is 5. The van der Waals surface area contributed by atoms with Crippen molar-refractivity contribution in [3.63, 3.8) is 0 Å². The third-order valence-electron chi connectivity index (χ3n) is 4.20. The number of alkyl carbamates (subject to hydrolysis) is 1. The minimum atomic E-state index is -0.468. The highest BCUT2D eigenvalue weighted by atomic mass is 16.6. The van der Waals surface area contributed by atoms with Crippen LogP contribution in [0.1, 0.15) is 44.0 Å². The minimum absolute atomic E-state index is 0.321. The lowest BCUT2D eigenvalue weighted by molar-refractivity contribution is 0.0515. The van der Waals surface area contributed by atoms with Gasteiger partial charge in [-0.3, -0.25) is 0 Å². The molecule has 0 radical (unpaired) electrons. The zero-order valence-electron chi connectivity index (χ0n) is 15.5. The zero-order valence-corrected chi connectivity index (χ0v) is 15.5. The Morgan fingerprint density at radius 3 is 2.28 bits per heavy atom. The van der Waals surface area contributed by atoms with Crippen LogP contribution in [0, 0.1) is 5.92 Å². The Labute approximate surface area is 149 Å². The van der Waals surface area contributed by atoms with E-state index in [1.807, 2.05) is 32.9 Å². The van der Waals surface area contributed by atoms with Crippen LogP contribution in [-0.2, 0) is 9.47 Å². The first-order valence-corrected chi connectivity index (χ1v) is 8.68. The van der Waals surface area contributed by atoms with Gasteiger partial charge in [-0.15, -0.1) is 0 Å². The molecule has 0 spiro atoms. The molecule has 2 rings (SSSR count). The fourth-order valence-electron chi connectivity index (χ4n) is 2.86. The van der Waals surface area contributed by atoms with E-state index in [9.17, 15) is 9.59 Å². The van der Waals surface area contributed by atoms with Crippen molar-refractivity contribution in [3.05, 3.63) is 29.8 Å². The lowest BCUT2D eigenvalue weighted by Gasteiger charge is -2.33. The number of benzene rings is 1. The molecule has 0 atom stereocenters. The van der Waals surface area contributed by atoms with Gasteiger partial charge in [-0.1, -0.05) is 0 Å². The second-order valence-corrected chi connectivity index (χ2v) is 7.35. The standard InChI is InChI=1S/C19H28N2O4/c1-19(2,3)25-18(23)20-13-14-9-11-21(12-10-14)16-7-5-15(6-8-16)17(22)24-4/h5-8,14H,9-13H2,1-4H3,(H,20,23). The van der Waals surface area contributed by atoms with E-state index in [1.54, 1.807) is 12.1 Å². The summed E-state index contributed by atoms with van der Waals surface area (Å²) in [6.07, 6.45) is 1.66. The lowest BCUT2D eigenvalue weighted by Crippen LogP contribution is -2.40. The summed E-state index contributed by atoms with van der Waals surface area (Å²) < 4.78 is 9.98. The fourth-order valence-corrected chi connectivity index (χ4v) is 2.86. The molecule has 6 heteroatoms. The van der Waals surface area contributed by atoms with Crippen LogP contribution in [0.25, 0.3) is 0 Å². The van der Waals surface area contributed by atoms with E-state index in [4.69, 9.17) is 9.47 Å². The van der Waals surface area contributed by atoms with Crippen molar-refractivity contribution in [2.75, 3.05) is 31.6 Å². The number of amides is 1. The van der Waals surface area contributed by atoms with Gasteiger partial charge in [0.1, 0.15) is 5.60 Å². The molecule has 1 aromatic carbocycles. The maximum atomic E-state index is 11.7. The third-order valence-corrected chi connectivity index (χ3v) is 4.20. The first-order chi connectivity index (χ1) is 11.8. The summed E-state index contributed by atoms with van der Waals surface area (Å²) in [5, 5.41) is 2.86. The minimum Gasteiger partial charge on any atom is -0.465 e. The van der Waals surface area contributed by atoms with Gasteiger partial charge in [0.15, 0.2) is 0 Å². The Bertz CT molecular complexity index is 584. The Morgan fingerprint density at radius 2 is 1.76 bits per heavy atom. The molecule has 0 aromatic heterocycles. The van der Waals surface area contributed by atoms with E-state index >= 15 is 0 Å². The quantitative estimate of drug-likeness (QED) is 0.846. The summed E-state index contributed by atoms with van der Waals surface area (Å²) in [5.74, 6) is 0.136. The zero-order chi connectivity index (χ0) is 18.4. The third kappa shape index (κ3) is 5.96. The smallest absolute Gasteiger partial charge is 0.407 e. The molecule has 1 aromatic rings. The number of nitrogens with one attached hydrogen (secondary N) is 1. The van der Waals surface area contributed by atoms with Gasteiger partial charge in [0.2, 0.25) is 0 Å². The molecule has 0 unspecified atom stereocenters. The first-order valence-electron chi connectivity index (χ1n) is 8.68. The van der Waals surface area contributed by atoms with Crippen molar-refractivity contribution in [2.24, 2.45) is 5.92 Å². The molecule has 6 nitrogen and oxygen atoms in total. The Balaban J connectivity index is 1.77. The number of hydrogen-bond donors (Lipinski definition) is 1. The monoisotopic (exact) mass is 348 g/mol. The van der Waals surface area contributed by atoms with Gasteiger partial charge in [-0.25, -0.2) is 9.59 Å². The first kappa shape index (κ1) is 19.1. The second kappa shape index (κ2) is 8.23. The number of carbonyl (C=O) groups is 2. The molecule has 1 saturated heterocycles. The predicted molar refractivity (Wildman–Crippen MR) is 97.0 cm³/mol. The SMILES string of the molecule is COC(=O)c1ccc(N2CCC(CNC(=O)OC(C)(C)C)CC2)cc1. The summed E-state index contributed by atoms with van der Waals surface area (Å²) in [4.78, 5) is 25.5. The second-order valence-electron chi connectivity index (χ2n) is 7.35. The summed E-state index contributed by atoms with van der Waals surface area (Å²) in [7, 11) is 1.38. The van der Waals surface area contributed by atoms with Gasteiger partial charge in [0, 0.05) is 25.3 Å². The molecule has 1 amide bonds. The predicted octanol–water partition coefficient (Wildman–Crippen LogP) is 3.21. The lowest BCUT2D eigenvalue weighted by atomic mass is 9.96. The van der Waals surface area contributed by atoms with Crippen molar-refractivity contribution < 1.29 is 19.1 Å². The largest absolute Gasteiger partial charge is 0.465 e. The maximum Gasteiger partial charge on any atom is 0.407 e. The van der Waals surface area contributed by atoms with Crippen LogP contribution in [0.15, 0.2) is 24.3 Å². The van der Waals surface area contributed by atoms with Crippen LogP contribution < -0.4 is 10.2 Å². The highest BCUT2D eigenvalue weighted by molar-refractivity contribution is 5.89. The molecule has 1 heterocycles. The number of anilines is 1. The molecular weight excluding hydrogens is 320 g/mol. The van der Waals surface area contributed by atoms with Crippen molar-refractivity contribution >= 4 is 17.7 Å². The molecule has 25 heavy (non-hydrogen) atoms. The number of methoxy groups -OCH3 is 1. The number of ether oxygens (including phenoxy) is 2. The van der Waals surface area contributed by atoms with Crippen molar-refractivity contribution in [2.45, 2.75) is 39.2 Å². The summed E-state index contributed by atoms with van der Waals surface area (Å²) in [6.45, 7) is 8.07. The Kier molecular flexibility index (Phi) is 6.28. The molecule has 0 bridgehead atoms. The fraction of sp³-hybridized carbons (Fsp3) is 0.579. The van der Waals surface area contributed by atoms with E-state index < -0.39 is 5.60 Å². The molecule has 0 aliphatic carbocycles. The summed E-state index contributed by atoms with van der Waals surface area (Å²) >= 11 is 0. The van der Waals surface area contributed by atoms with Crippen molar-refractivity contribution in [3.8, 4) is 0 Å². The molecular formula is C19H28N2O4. The van der Waals surface area contributed by atoms with Crippen LogP contribution in [0.2, 0.25) is 0 Å². The van der Waals surface area contributed by atoms with E-state index in [0.717, 1.165) is 31.6 Å². The van der Waals surface area contributed by atoms with Crippen LogP contribution in [0.4, 0.5) is 10.5 Å². The topological polar surface area (TPSA) is 67.9 Å². The molecule has 138 valence electrons. The van der Waals surface area contributed by atoms with Crippen molar-refractivity contribution in [1.29, 1.82) is 0 Å². The maximum absolute atomic E-state index is 11.7. The summed E-state index contributed by atoms with van der Waals surface area (Å²) in [5.41, 5.74) is 1.19.